The number of piperidine rings is 1. The van der Waals surface area contributed by atoms with Crippen LogP contribution in [0.25, 0.3) is 0 Å². The Balaban J connectivity index is 1.83. The molecule has 1 atom stereocenters. The second-order valence-electron chi connectivity index (χ2n) is 4.88. The summed E-state index contributed by atoms with van der Waals surface area (Å²) in [6.45, 7) is 1.17. The lowest BCUT2D eigenvalue weighted by atomic mass is 9.89. The molecule has 1 fully saturated rings. The molecule has 1 aliphatic heterocycles. The highest BCUT2D eigenvalue weighted by Crippen LogP contribution is 2.28. The van der Waals surface area contributed by atoms with Crippen LogP contribution in [0.2, 0.25) is 0 Å². The second kappa shape index (κ2) is 5.87. The normalized spacial score (nSPS) is 18.6. The van der Waals surface area contributed by atoms with Crippen LogP contribution in [0, 0.1) is 5.92 Å². The molecule has 1 aromatic carbocycles. The Bertz CT molecular complexity index is 385. The number of hydrogen-bond acceptors (Lipinski definition) is 2. The predicted molar refractivity (Wildman–Crippen MR) is 68.3 cm³/mol. The quantitative estimate of drug-likeness (QED) is 0.865. The van der Waals surface area contributed by atoms with E-state index in [0.29, 0.717) is 19.0 Å². The van der Waals surface area contributed by atoms with Gasteiger partial charge in [-0.1, -0.05) is 30.3 Å². The zero-order chi connectivity index (χ0) is 13.0. The fourth-order valence-electron chi connectivity index (χ4n) is 2.49. The lowest BCUT2D eigenvalue weighted by molar-refractivity contribution is 0.0981. The number of hydrogen-bond donors (Lipinski definition) is 2. The molecule has 2 rings (SSSR count). The average Bonchev–Trinajstić information content (AvgIpc) is 2.40. The van der Waals surface area contributed by atoms with Crippen molar-refractivity contribution in [1.82, 2.24) is 4.90 Å². The fraction of sp³-hybridized carbons (Fsp3) is 0.500. The van der Waals surface area contributed by atoms with E-state index in [0.717, 1.165) is 24.8 Å². The van der Waals surface area contributed by atoms with E-state index in [1.165, 1.54) is 4.90 Å². The molecule has 2 N–H and O–H groups in total. The van der Waals surface area contributed by atoms with Crippen LogP contribution in [0.15, 0.2) is 30.3 Å². The molecule has 0 bridgehead atoms. The minimum Gasteiger partial charge on any atom is -0.465 e. The molecule has 1 aliphatic rings. The van der Waals surface area contributed by atoms with Gasteiger partial charge in [-0.15, -0.1) is 0 Å². The number of benzene rings is 1. The number of likely N-dealkylation sites (tertiary alicyclic amines) is 1. The summed E-state index contributed by atoms with van der Waals surface area (Å²) in [4.78, 5) is 12.2. The minimum atomic E-state index is -0.836. The van der Waals surface area contributed by atoms with Crippen LogP contribution in [0.3, 0.4) is 0 Å². The Kier molecular flexibility index (Phi) is 4.20. The van der Waals surface area contributed by atoms with Gasteiger partial charge < -0.3 is 15.1 Å². The van der Waals surface area contributed by atoms with Crippen molar-refractivity contribution in [3.05, 3.63) is 35.9 Å². The average molecular weight is 249 g/mol. The topological polar surface area (TPSA) is 60.8 Å². The number of aliphatic hydroxyl groups excluding tert-OH is 1. The summed E-state index contributed by atoms with van der Waals surface area (Å²) in [5.41, 5.74) is 0.943. The van der Waals surface area contributed by atoms with Gasteiger partial charge in [0.15, 0.2) is 0 Å². The van der Waals surface area contributed by atoms with Crippen LogP contribution in [0.4, 0.5) is 4.79 Å². The molecule has 1 amide bonds. The van der Waals surface area contributed by atoms with Gasteiger partial charge in [0.2, 0.25) is 0 Å². The number of carbonyl (C=O) groups is 1. The molecule has 0 saturated carbocycles. The Morgan fingerprint density at radius 2 is 1.89 bits per heavy atom. The zero-order valence-corrected chi connectivity index (χ0v) is 10.3. The minimum absolute atomic E-state index is 0.413. The molecular weight excluding hydrogens is 230 g/mol. The van der Waals surface area contributed by atoms with Crippen molar-refractivity contribution in [2.24, 2.45) is 5.92 Å². The maximum Gasteiger partial charge on any atom is 0.407 e. The summed E-state index contributed by atoms with van der Waals surface area (Å²) < 4.78 is 0. The summed E-state index contributed by atoms with van der Waals surface area (Å²) in [5, 5.41) is 19.0. The molecule has 4 heteroatoms. The van der Waals surface area contributed by atoms with Gasteiger partial charge in [-0.3, -0.25) is 0 Å². The van der Waals surface area contributed by atoms with Crippen molar-refractivity contribution in [1.29, 1.82) is 0 Å². The number of carboxylic acid groups (broad SMARTS) is 1. The molecule has 0 aromatic heterocycles. The van der Waals surface area contributed by atoms with Crippen LogP contribution >= 0.6 is 0 Å². The highest BCUT2D eigenvalue weighted by molar-refractivity contribution is 5.64. The van der Waals surface area contributed by atoms with Gasteiger partial charge in [0.1, 0.15) is 0 Å². The molecule has 0 spiro atoms. The molecule has 1 aromatic rings. The zero-order valence-electron chi connectivity index (χ0n) is 10.3. The van der Waals surface area contributed by atoms with Gasteiger partial charge in [-0.05, 0) is 30.7 Å². The highest BCUT2D eigenvalue weighted by atomic mass is 16.4. The Hall–Kier alpha value is -1.55. The van der Waals surface area contributed by atoms with E-state index in [4.69, 9.17) is 5.11 Å². The first-order valence-electron chi connectivity index (χ1n) is 6.37. The first-order valence-corrected chi connectivity index (χ1v) is 6.37. The predicted octanol–water partition coefficient (Wildman–Crippen LogP) is 2.50. The van der Waals surface area contributed by atoms with E-state index in [2.05, 4.69) is 0 Å². The first kappa shape index (κ1) is 12.9. The SMILES string of the molecule is O=C(O)N1CCC(CC(O)c2ccccc2)CC1. The molecule has 0 aliphatic carbocycles. The molecule has 1 heterocycles. The van der Waals surface area contributed by atoms with Gasteiger partial charge >= 0.3 is 6.09 Å². The third kappa shape index (κ3) is 3.23. The van der Waals surface area contributed by atoms with Gasteiger partial charge in [0.25, 0.3) is 0 Å². The fourth-order valence-corrected chi connectivity index (χ4v) is 2.49. The molecule has 98 valence electrons. The molecular formula is C14H19NO3. The summed E-state index contributed by atoms with van der Waals surface area (Å²) >= 11 is 0. The first-order chi connectivity index (χ1) is 8.66. The lowest BCUT2D eigenvalue weighted by Crippen LogP contribution is -2.37. The van der Waals surface area contributed by atoms with E-state index in [-0.39, 0.29) is 0 Å². The van der Waals surface area contributed by atoms with Crippen molar-refractivity contribution in [2.45, 2.75) is 25.4 Å². The molecule has 1 unspecified atom stereocenters. The Morgan fingerprint density at radius 3 is 2.44 bits per heavy atom. The number of nitrogens with zero attached hydrogens (tertiary/aromatic N) is 1. The number of amides is 1. The second-order valence-corrected chi connectivity index (χ2v) is 4.88. The van der Waals surface area contributed by atoms with E-state index in [1.807, 2.05) is 30.3 Å². The number of aliphatic hydroxyl groups is 1. The monoisotopic (exact) mass is 249 g/mol. The standard InChI is InChI=1S/C14H19NO3/c16-13(12-4-2-1-3-5-12)10-11-6-8-15(9-7-11)14(17)18/h1-5,11,13,16H,6-10H2,(H,17,18). The Morgan fingerprint density at radius 1 is 1.28 bits per heavy atom. The van der Waals surface area contributed by atoms with Gasteiger partial charge in [-0.25, -0.2) is 4.79 Å². The van der Waals surface area contributed by atoms with Crippen LogP contribution in [-0.4, -0.2) is 34.3 Å². The summed E-state index contributed by atoms with van der Waals surface area (Å²) in [7, 11) is 0. The number of rotatable bonds is 3. The van der Waals surface area contributed by atoms with Crippen LogP contribution in [-0.2, 0) is 0 Å². The van der Waals surface area contributed by atoms with E-state index in [1.54, 1.807) is 0 Å². The van der Waals surface area contributed by atoms with Gasteiger partial charge in [0, 0.05) is 13.1 Å². The van der Waals surface area contributed by atoms with Crippen molar-refractivity contribution >= 4 is 6.09 Å². The van der Waals surface area contributed by atoms with E-state index < -0.39 is 12.2 Å². The lowest BCUT2D eigenvalue weighted by Gasteiger charge is -2.31. The van der Waals surface area contributed by atoms with Gasteiger partial charge in [0.05, 0.1) is 6.10 Å². The smallest absolute Gasteiger partial charge is 0.407 e. The molecule has 0 radical (unpaired) electrons. The van der Waals surface area contributed by atoms with Crippen molar-refractivity contribution in [3.8, 4) is 0 Å². The summed E-state index contributed by atoms with van der Waals surface area (Å²) in [6, 6.07) is 9.63. The third-order valence-corrected chi connectivity index (χ3v) is 3.63. The third-order valence-electron chi connectivity index (χ3n) is 3.63. The van der Waals surface area contributed by atoms with Crippen LogP contribution in [0.1, 0.15) is 30.9 Å². The van der Waals surface area contributed by atoms with Crippen LogP contribution < -0.4 is 0 Å². The Labute approximate surface area is 107 Å². The van der Waals surface area contributed by atoms with E-state index >= 15 is 0 Å². The van der Waals surface area contributed by atoms with Crippen molar-refractivity contribution < 1.29 is 15.0 Å². The molecule has 4 nitrogen and oxygen atoms in total. The maximum absolute atomic E-state index is 10.8. The van der Waals surface area contributed by atoms with Gasteiger partial charge in [-0.2, -0.15) is 0 Å². The highest BCUT2D eigenvalue weighted by Gasteiger charge is 2.24. The molecule has 1 saturated heterocycles. The molecule has 18 heavy (non-hydrogen) atoms. The summed E-state index contributed by atoms with van der Waals surface area (Å²) in [5.74, 6) is 0.413. The summed E-state index contributed by atoms with van der Waals surface area (Å²) in [6.07, 6.45) is 1.13. The maximum atomic E-state index is 10.8. The van der Waals surface area contributed by atoms with Crippen molar-refractivity contribution in [2.75, 3.05) is 13.1 Å². The largest absolute Gasteiger partial charge is 0.465 e. The van der Waals surface area contributed by atoms with Crippen LogP contribution in [0.5, 0.6) is 0 Å². The van der Waals surface area contributed by atoms with E-state index in [9.17, 15) is 9.90 Å². The van der Waals surface area contributed by atoms with Crippen molar-refractivity contribution in [3.63, 3.8) is 0 Å².